The predicted octanol–water partition coefficient (Wildman–Crippen LogP) is 6.13. The van der Waals surface area contributed by atoms with Crippen molar-refractivity contribution in [3.8, 4) is 23.0 Å². The fourth-order valence-corrected chi connectivity index (χ4v) is 2.80. The van der Waals surface area contributed by atoms with E-state index in [9.17, 15) is 4.39 Å². The van der Waals surface area contributed by atoms with E-state index >= 15 is 0 Å². The van der Waals surface area contributed by atoms with Gasteiger partial charge in [0, 0.05) is 16.7 Å². The molecule has 0 fully saturated rings. The Balaban J connectivity index is 1.93. The van der Waals surface area contributed by atoms with E-state index in [4.69, 9.17) is 0 Å². The molecule has 0 spiro atoms. The first-order valence-corrected chi connectivity index (χ1v) is 8.40. The van der Waals surface area contributed by atoms with Crippen molar-refractivity contribution >= 4 is 0 Å². The Labute approximate surface area is 149 Å². The largest absolute Gasteiger partial charge is 0.206 e. The van der Waals surface area contributed by atoms with Crippen LogP contribution in [0.1, 0.15) is 33.4 Å². The summed E-state index contributed by atoms with van der Waals surface area (Å²) in [7, 11) is 0. The van der Waals surface area contributed by atoms with Gasteiger partial charge in [0.25, 0.3) is 0 Å². The van der Waals surface area contributed by atoms with Gasteiger partial charge in [-0.3, -0.25) is 0 Å². The van der Waals surface area contributed by atoms with Gasteiger partial charge in [0.05, 0.1) is 0 Å². The molecule has 0 aliphatic carbocycles. The van der Waals surface area contributed by atoms with Gasteiger partial charge in [-0.1, -0.05) is 47.7 Å². The molecule has 25 heavy (non-hydrogen) atoms. The summed E-state index contributed by atoms with van der Waals surface area (Å²) in [6.45, 7) is 8.25. The van der Waals surface area contributed by atoms with Crippen molar-refractivity contribution in [1.82, 2.24) is 0 Å². The topological polar surface area (TPSA) is 0 Å². The number of benzene rings is 3. The standard InChI is InChI=1S/C24H21F/c1-16-5-7-20(8-6-16)9-10-21-11-12-23(24(25)15-21)22-13-17(2)19(4)18(3)14-22/h5-8,11-15H,1-4H3. The Kier molecular flexibility index (Phi) is 4.72. The first-order chi connectivity index (χ1) is 11.9. The zero-order valence-corrected chi connectivity index (χ0v) is 15.1. The molecule has 0 aliphatic heterocycles. The van der Waals surface area contributed by atoms with Gasteiger partial charge in [-0.25, -0.2) is 4.39 Å². The predicted molar refractivity (Wildman–Crippen MR) is 103 cm³/mol. The Bertz CT molecular complexity index is 960. The molecule has 0 heterocycles. The summed E-state index contributed by atoms with van der Waals surface area (Å²) in [6.07, 6.45) is 0. The summed E-state index contributed by atoms with van der Waals surface area (Å²) in [5.74, 6) is 5.89. The maximum absolute atomic E-state index is 14.6. The van der Waals surface area contributed by atoms with Crippen LogP contribution in [0.4, 0.5) is 4.39 Å². The van der Waals surface area contributed by atoms with Crippen molar-refractivity contribution in [3.05, 3.63) is 93.8 Å². The van der Waals surface area contributed by atoms with Crippen LogP contribution in [0.15, 0.2) is 54.6 Å². The molecule has 0 N–H and O–H groups in total. The average Bonchev–Trinajstić information content (AvgIpc) is 2.59. The number of halogens is 1. The molecule has 0 aromatic heterocycles. The highest BCUT2D eigenvalue weighted by Gasteiger charge is 2.08. The Morgan fingerprint density at radius 1 is 0.680 bits per heavy atom. The molecule has 3 aromatic carbocycles. The van der Waals surface area contributed by atoms with E-state index in [2.05, 4.69) is 32.6 Å². The van der Waals surface area contributed by atoms with E-state index in [-0.39, 0.29) is 5.82 Å². The fourth-order valence-electron chi connectivity index (χ4n) is 2.80. The zero-order chi connectivity index (χ0) is 18.0. The number of aryl methyl sites for hydroxylation is 3. The van der Waals surface area contributed by atoms with E-state index < -0.39 is 0 Å². The van der Waals surface area contributed by atoms with Crippen LogP contribution in [0.2, 0.25) is 0 Å². The van der Waals surface area contributed by atoms with Crippen LogP contribution in [-0.2, 0) is 0 Å². The van der Waals surface area contributed by atoms with Gasteiger partial charge in [0.15, 0.2) is 0 Å². The van der Waals surface area contributed by atoms with E-state index in [0.29, 0.717) is 11.1 Å². The monoisotopic (exact) mass is 328 g/mol. The van der Waals surface area contributed by atoms with Gasteiger partial charge < -0.3 is 0 Å². The van der Waals surface area contributed by atoms with Gasteiger partial charge in [-0.2, -0.15) is 0 Å². The minimum absolute atomic E-state index is 0.238. The highest BCUT2D eigenvalue weighted by molar-refractivity contribution is 5.68. The third kappa shape index (κ3) is 3.80. The second kappa shape index (κ2) is 6.95. The first-order valence-electron chi connectivity index (χ1n) is 8.40. The second-order valence-electron chi connectivity index (χ2n) is 6.55. The van der Waals surface area contributed by atoms with Gasteiger partial charge in [0.1, 0.15) is 5.82 Å². The van der Waals surface area contributed by atoms with E-state index in [0.717, 1.165) is 11.1 Å². The molecule has 0 nitrogen and oxygen atoms in total. The van der Waals surface area contributed by atoms with Crippen LogP contribution in [-0.4, -0.2) is 0 Å². The van der Waals surface area contributed by atoms with Crippen molar-refractivity contribution in [3.63, 3.8) is 0 Å². The molecule has 0 bridgehead atoms. The zero-order valence-electron chi connectivity index (χ0n) is 15.1. The summed E-state index contributed by atoms with van der Waals surface area (Å²) in [6, 6.07) is 17.3. The number of hydrogen-bond acceptors (Lipinski definition) is 0. The van der Waals surface area contributed by atoms with Gasteiger partial charge in [-0.05, 0) is 74.2 Å². The van der Waals surface area contributed by atoms with Crippen LogP contribution in [0.25, 0.3) is 11.1 Å². The molecule has 0 amide bonds. The molecule has 0 atom stereocenters. The van der Waals surface area contributed by atoms with Crippen LogP contribution in [0, 0.1) is 45.4 Å². The first kappa shape index (κ1) is 17.0. The molecule has 0 radical (unpaired) electrons. The summed E-state index contributed by atoms with van der Waals surface area (Å²) < 4.78 is 14.6. The summed E-state index contributed by atoms with van der Waals surface area (Å²) >= 11 is 0. The molecule has 0 saturated carbocycles. The smallest absolute Gasteiger partial charge is 0.132 e. The maximum Gasteiger partial charge on any atom is 0.132 e. The number of rotatable bonds is 1. The lowest BCUT2D eigenvalue weighted by Gasteiger charge is -2.10. The van der Waals surface area contributed by atoms with Crippen molar-refractivity contribution in [2.24, 2.45) is 0 Å². The highest BCUT2D eigenvalue weighted by Crippen LogP contribution is 2.27. The van der Waals surface area contributed by atoms with E-state index in [1.54, 1.807) is 0 Å². The third-order valence-electron chi connectivity index (χ3n) is 4.61. The number of hydrogen-bond donors (Lipinski definition) is 0. The second-order valence-corrected chi connectivity index (χ2v) is 6.55. The SMILES string of the molecule is Cc1ccc(C#Cc2ccc(-c3cc(C)c(C)c(C)c3)c(F)c2)cc1. The molecule has 0 saturated heterocycles. The van der Waals surface area contributed by atoms with Gasteiger partial charge >= 0.3 is 0 Å². The van der Waals surface area contributed by atoms with Crippen LogP contribution >= 0.6 is 0 Å². The quantitative estimate of drug-likeness (QED) is 0.472. The lowest BCUT2D eigenvalue weighted by Crippen LogP contribution is -1.91. The fraction of sp³-hybridized carbons (Fsp3) is 0.167. The Hall–Kier alpha value is -2.85. The maximum atomic E-state index is 14.6. The van der Waals surface area contributed by atoms with E-state index in [1.807, 2.05) is 55.5 Å². The highest BCUT2D eigenvalue weighted by atomic mass is 19.1. The molecular formula is C24H21F. The minimum atomic E-state index is -0.238. The van der Waals surface area contributed by atoms with Gasteiger partial charge in [0.2, 0.25) is 0 Å². The summed E-state index contributed by atoms with van der Waals surface area (Å²) in [5.41, 5.74) is 7.95. The van der Waals surface area contributed by atoms with Crippen molar-refractivity contribution in [2.45, 2.75) is 27.7 Å². The van der Waals surface area contributed by atoms with E-state index in [1.165, 1.54) is 28.3 Å². The molecule has 124 valence electrons. The van der Waals surface area contributed by atoms with Crippen LogP contribution in [0.3, 0.4) is 0 Å². The molecular weight excluding hydrogens is 307 g/mol. The minimum Gasteiger partial charge on any atom is -0.206 e. The molecule has 0 aliphatic rings. The molecule has 3 aromatic rings. The lowest BCUT2D eigenvalue weighted by molar-refractivity contribution is 0.631. The Morgan fingerprint density at radius 2 is 1.24 bits per heavy atom. The summed E-state index contributed by atoms with van der Waals surface area (Å²) in [4.78, 5) is 0. The summed E-state index contributed by atoms with van der Waals surface area (Å²) in [5, 5.41) is 0. The van der Waals surface area contributed by atoms with Gasteiger partial charge in [-0.15, -0.1) is 0 Å². The van der Waals surface area contributed by atoms with Crippen LogP contribution in [0.5, 0.6) is 0 Å². The average molecular weight is 328 g/mol. The third-order valence-corrected chi connectivity index (χ3v) is 4.61. The van der Waals surface area contributed by atoms with Crippen LogP contribution < -0.4 is 0 Å². The van der Waals surface area contributed by atoms with Crippen molar-refractivity contribution < 1.29 is 4.39 Å². The van der Waals surface area contributed by atoms with Crippen molar-refractivity contribution in [2.75, 3.05) is 0 Å². The molecule has 3 rings (SSSR count). The lowest BCUT2D eigenvalue weighted by atomic mass is 9.95. The molecule has 0 unspecified atom stereocenters. The molecule has 1 heteroatoms. The Morgan fingerprint density at radius 3 is 1.84 bits per heavy atom. The van der Waals surface area contributed by atoms with Crippen molar-refractivity contribution in [1.29, 1.82) is 0 Å². The normalized spacial score (nSPS) is 10.3.